The van der Waals surface area contributed by atoms with E-state index in [4.69, 9.17) is 5.14 Å². The van der Waals surface area contributed by atoms with Crippen molar-refractivity contribution in [1.29, 1.82) is 0 Å². The summed E-state index contributed by atoms with van der Waals surface area (Å²) in [5.41, 5.74) is 0. The van der Waals surface area contributed by atoms with E-state index in [2.05, 4.69) is 22.5 Å². The summed E-state index contributed by atoms with van der Waals surface area (Å²) < 4.78 is 22.4. The van der Waals surface area contributed by atoms with E-state index in [1.807, 2.05) is 0 Å². The van der Waals surface area contributed by atoms with Crippen molar-refractivity contribution in [2.45, 2.75) is 24.1 Å². The Morgan fingerprint density at radius 2 is 2.17 bits per heavy atom. The largest absolute Gasteiger partial charge is 0.356 e. The van der Waals surface area contributed by atoms with E-state index in [-0.39, 0.29) is 4.21 Å². The molecular weight excluding hydrogens is 272 g/mol. The molecule has 0 amide bonds. The molecule has 0 saturated carbocycles. The van der Waals surface area contributed by atoms with E-state index < -0.39 is 10.0 Å². The smallest absolute Gasteiger partial charge is 0.247 e. The van der Waals surface area contributed by atoms with Gasteiger partial charge in [0.15, 0.2) is 5.96 Å². The Morgan fingerprint density at radius 3 is 2.67 bits per heavy atom. The molecule has 0 bridgehead atoms. The van der Waals surface area contributed by atoms with Crippen molar-refractivity contribution in [1.82, 2.24) is 10.6 Å². The van der Waals surface area contributed by atoms with Gasteiger partial charge in [0.1, 0.15) is 4.21 Å². The number of nitrogens with one attached hydrogen (secondary N) is 2. The number of nitrogens with two attached hydrogens (primary N) is 1. The number of thiophene rings is 1. The molecule has 8 heteroatoms. The number of rotatable bonds is 5. The first kappa shape index (κ1) is 14.9. The summed E-state index contributed by atoms with van der Waals surface area (Å²) in [5, 5.41) is 11.3. The van der Waals surface area contributed by atoms with Gasteiger partial charge in [-0.1, -0.05) is 6.92 Å². The van der Waals surface area contributed by atoms with Crippen LogP contribution < -0.4 is 15.8 Å². The van der Waals surface area contributed by atoms with Crippen molar-refractivity contribution in [2.75, 3.05) is 13.6 Å². The lowest BCUT2D eigenvalue weighted by Gasteiger charge is -2.09. The molecule has 1 aromatic rings. The lowest BCUT2D eigenvalue weighted by molar-refractivity contribution is 0.600. The second-order valence-corrected chi connectivity index (χ2v) is 6.57. The van der Waals surface area contributed by atoms with Gasteiger partial charge in [-0.2, -0.15) is 0 Å². The van der Waals surface area contributed by atoms with Crippen molar-refractivity contribution in [2.24, 2.45) is 10.1 Å². The van der Waals surface area contributed by atoms with Gasteiger partial charge in [-0.25, -0.2) is 13.6 Å². The molecule has 4 N–H and O–H groups in total. The summed E-state index contributed by atoms with van der Waals surface area (Å²) in [7, 11) is -1.91. The first-order chi connectivity index (χ1) is 8.47. The van der Waals surface area contributed by atoms with Crippen molar-refractivity contribution in [3.63, 3.8) is 0 Å². The Morgan fingerprint density at radius 1 is 1.44 bits per heavy atom. The van der Waals surface area contributed by atoms with Crippen LogP contribution in [0.1, 0.15) is 18.2 Å². The molecule has 0 aliphatic rings. The SMILES string of the molecule is CCCNC(=NC)NCc1ccc(S(N)(=O)=O)s1. The van der Waals surface area contributed by atoms with Crippen LogP contribution in [0.4, 0.5) is 0 Å². The zero-order valence-corrected chi connectivity index (χ0v) is 12.1. The van der Waals surface area contributed by atoms with E-state index in [0.717, 1.165) is 29.2 Å². The molecule has 0 atom stereocenters. The highest BCUT2D eigenvalue weighted by molar-refractivity contribution is 7.91. The average molecular weight is 290 g/mol. The predicted molar refractivity (Wildman–Crippen MR) is 74.2 cm³/mol. The molecule has 0 unspecified atom stereocenters. The molecule has 6 nitrogen and oxygen atoms in total. The maximum Gasteiger partial charge on any atom is 0.247 e. The minimum atomic E-state index is -3.60. The zero-order valence-electron chi connectivity index (χ0n) is 10.4. The fraction of sp³-hybridized carbons (Fsp3) is 0.500. The van der Waals surface area contributed by atoms with Crippen LogP contribution in [0.5, 0.6) is 0 Å². The highest BCUT2D eigenvalue weighted by atomic mass is 32.2. The summed E-state index contributed by atoms with van der Waals surface area (Å²) in [4.78, 5) is 4.94. The molecule has 102 valence electrons. The van der Waals surface area contributed by atoms with Crippen LogP contribution in [0.2, 0.25) is 0 Å². The molecule has 0 aliphatic carbocycles. The van der Waals surface area contributed by atoms with Crippen LogP contribution >= 0.6 is 11.3 Å². The Labute approximate surface area is 111 Å². The van der Waals surface area contributed by atoms with Crippen molar-refractivity contribution >= 4 is 27.3 Å². The molecule has 0 saturated heterocycles. The van der Waals surface area contributed by atoms with Crippen molar-refractivity contribution < 1.29 is 8.42 Å². The third-order valence-corrected chi connectivity index (χ3v) is 4.64. The Hall–Kier alpha value is -1.12. The van der Waals surface area contributed by atoms with Crippen LogP contribution in [-0.2, 0) is 16.6 Å². The lowest BCUT2D eigenvalue weighted by Crippen LogP contribution is -2.36. The number of hydrogen-bond acceptors (Lipinski definition) is 4. The quantitative estimate of drug-likeness (QED) is 0.542. The predicted octanol–water partition coefficient (Wildman–Crippen LogP) is 0.470. The van der Waals surface area contributed by atoms with Crippen molar-refractivity contribution in [3.8, 4) is 0 Å². The molecule has 1 rings (SSSR count). The number of sulfonamides is 1. The topological polar surface area (TPSA) is 96.6 Å². The van der Waals surface area contributed by atoms with Gasteiger partial charge in [-0.15, -0.1) is 11.3 Å². The van der Waals surface area contributed by atoms with Crippen LogP contribution in [0.15, 0.2) is 21.3 Å². The van der Waals surface area contributed by atoms with Gasteiger partial charge in [0.05, 0.1) is 6.54 Å². The highest BCUT2D eigenvalue weighted by Crippen LogP contribution is 2.19. The van der Waals surface area contributed by atoms with Crippen LogP contribution in [0.25, 0.3) is 0 Å². The van der Waals surface area contributed by atoms with E-state index in [9.17, 15) is 8.42 Å². The van der Waals surface area contributed by atoms with E-state index in [1.165, 1.54) is 6.07 Å². The minimum Gasteiger partial charge on any atom is -0.356 e. The molecule has 1 aromatic heterocycles. The number of guanidine groups is 1. The van der Waals surface area contributed by atoms with Crippen LogP contribution in [0, 0.1) is 0 Å². The maximum absolute atomic E-state index is 11.1. The molecule has 18 heavy (non-hydrogen) atoms. The van der Waals surface area contributed by atoms with E-state index in [1.54, 1.807) is 13.1 Å². The van der Waals surface area contributed by atoms with Gasteiger partial charge >= 0.3 is 0 Å². The van der Waals surface area contributed by atoms with Crippen LogP contribution in [-0.4, -0.2) is 28.0 Å². The highest BCUT2D eigenvalue weighted by Gasteiger charge is 2.11. The van der Waals surface area contributed by atoms with E-state index in [0.29, 0.717) is 12.5 Å². The molecule has 0 spiro atoms. The normalized spacial score (nSPS) is 12.5. The second kappa shape index (κ2) is 6.72. The summed E-state index contributed by atoms with van der Waals surface area (Å²) in [6.45, 7) is 3.42. The molecule has 0 aromatic carbocycles. The molecule has 0 radical (unpaired) electrons. The Bertz CT molecular complexity index is 508. The fourth-order valence-electron chi connectivity index (χ4n) is 1.24. The van der Waals surface area contributed by atoms with Gasteiger partial charge in [-0.3, -0.25) is 4.99 Å². The monoisotopic (exact) mass is 290 g/mol. The van der Waals surface area contributed by atoms with Crippen molar-refractivity contribution in [3.05, 3.63) is 17.0 Å². The van der Waals surface area contributed by atoms with Gasteiger partial charge in [0.25, 0.3) is 0 Å². The molecule has 1 heterocycles. The Balaban J connectivity index is 2.56. The maximum atomic E-state index is 11.1. The second-order valence-electron chi connectivity index (χ2n) is 3.62. The average Bonchev–Trinajstić information content (AvgIpc) is 2.78. The van der Waals surface area contributed by atoms with E-state index >= 15 is 0 Å². The molecule has 0 fully saturated rings. The third kappa shape index (κ3) is 4.63. The van der Waals surface area contributed by atoms with Crippen LogP contribution in [0.3, 0.4) is 0 Å². The van der Waals surface area contributed by atoms with Gasteiger partial charge in [0.2, 0.25) is 10.0 Å². The summed E-state index contributed by atoms with van der Waals surface area (Å²) in [6.07, 6.45) is 1.01. The van der Waals surface area contributed by atoms with Gasteiger partial charge in [0, 0.05) is 18.5 Å². The minimum absolute atomic E-state index is 0.177. The van der Waals surface area contributed by atoms with Gasteiger partial charge < -0.3 is 10.6 Å². The number of aliphatic imine (C=N–C) groups is 1. The molecule has 0 aliphatic heterocycles. The number of primary sulfonamides is 1. The van der Waals surface area contributed by atoms with Gasteiger partial charge in [-0.05, 0) is 18.6 Å². The standard InChI is InChI=1S/C10H18N4O2S2/c1-3-6-13-10(12-2)14-7-8-4-5-9(17-8)18(11,15)16/h4-5H,3,6-7H2,1-2H3,(H2,11,15,16)(H2,12,13,14). The summed E-state index contributed by atoms with van der Waals surface area (Å²) in [6, 6.07) is 3.25. The first-order valence-corrected chi connectivity index (χ1v) is 7.89. The molecular formula is C10H18N4O2S2. The number of hydrogen-bond donors (Lipinski definition) is 3. The third-order valence-electron chi connectivity index (χ3n) is 2.11. The fourth-order valence-corrected chi connectivity index (χ4v) is 2.96. The first-order valence-electron chi connectivity index (χ1n) is 5.53. The number of nitrogens with zero attached hydrogens (tertiary/aromatic N) is 1. The summed E-state index contributed by atoms with van der Waals surface area (Å²) >= 11 is 1.16. The lowest BCUT2D eigenvalue weighted by atomic mass is 10.4. The Kier molecular flexibility index (Phi) is 5.57. The summed E-state index contributed by atoms with van der Waals surface area (Å²) in [5.74, 6) is 0.697. The zero-order chi connectivity index (χ0) is 13.6.